The van der Waals surface area contributed by atoms with Crippen molar-refractivity contribution in [1.29, 1.82) is 0 Å². The number of anilines is 1. The van der Waals surface area contributed by atoms with Crippen molar-refractivity contribution in [1.82, 2.24) is 0 Å². The molecule has 0 atom stereocenters. The van der Waals surface area contributed by atoms with Crippen molar-refractivity contribution < 1.29 is 18.7 Å². The van der Waals surface area contributed by atoms with E-state index < -0.39 is 11.8 Å². The minimum atomic E-state index is -0.598. The van der Waals surface area contributed by atoms with Crippen LogP contribution in [0.1, 0.15) is 12.5 Å². The lowest BCUT2D eigenvalue weighted by molar-refractivity contribution is -0.136. The number of nitrogens with zero attached hydrogens (tertiary/aromatic N) is 1. The molecule has 2 aromatic carbocycles. The van der Waals surface area contributed by atoms with Gasteiger partial charge in [-0.1, -0.05) is 34.1 Å². The molecule has 0 saturated heterocycles. The summed E-state index contributed by atoms with van der Waals surface area (Å²) in [6, 6.07) is 12.9. The van der Waals surface area contributed by atoms with Crippen molar-refractivity contribution in [2.24, 2.45) is 0 Å². The van der Waals surface area contributed by atoms with Gasteiger partial charge in [-0.05, 0) is 48.9 Å². The highest BCUT2D eigenvalue weighted by Gasteiger charge is 2.37. The lowest BCUT2D eigenvalue weighted by atomic mass is 10.0. The molecule has 0 aliphatic carbocycles. The van der Waals surface area contributed by atoms with Gasteiger partial charge in [-0.15, -0.1) is 0 Å². The van der Waals surface area contributed by atoms with Crippen molar-refractivity contribution >= 4 is 39.6 Å². The summed E-state index contributed by atoms with van der Waals surface area (Å²) in [4.78, 5) is 26.7. The van der Waals surface area contributed by atoms with Gasteiger partial charge < -0.3 is 4.74 Å². The summed E-state index contributed by atoms with van der Waals surface area (Å²) in [6.45, 7) is 1.66. The van der Waals surface area contributed by atoms with Gasteiger partial charge in [0.25, 0.3) is 5.91 Å². The number of halogens is 2. The fraction of sp³-hybridized carbons (Fsp3) is 0.100. The fourth-order valence-corrected chi connectivity index (χ4v) is 3.23. The second-order valence-electron chi connectivity index (χ2n) is 5.65. The Morgan fingerprint density at radius 2 is 1.81 bits per heavy atom. The van der Waals surface area contributed by atoms with Crippen molar-refractivity contribution in [2.45, 2.75) is 6.92 Å². The van der Waals surface area contributed by atoms with Crippen molar-refractivity contribution in [3.05, 3.63) is 81.2 Å². The van der Waals surface area contributed by atoms with E-state index in [1.807, 2.05) is 24.3 Å². The Morgan fingerprint density at radius 3 is 2.42 bits per heavy atom. The summed E-state index contributed by atoms with van der Waals surface area (Å²) >= 11 is 3.44. The molecule has 0 N–H and O–H groups in total. The quantitative estimate of drug-likeness (QED) is 0.548. The first-order valence-corrected chi connectivity index (χ1v) is 8.59. The summed E-state index contributed by atoms with van der Waals surface area (Å²) < 4.78 is 18.9. The molecule has 3 rings (SSSR count). The molecule has 0 radical (unpaired) electrons. The van der Waals surface area contributed by atoms with Crippen LogP contribution in [0, 0.1) is 5.82 Å². The zero-order valence-electron chi connectivity index (χ0n) is 14.1. The second kappa shape index (κ2) is 7.25. The topological polar surface area (TPSA) is 46.6 Å². The predicted octanol–water partition coefficient (Wildman–Crippen LogP) is 4.47. The van der Waals surface area contributed by atoms with Gasteiger partial charge >= 0.3 is 5.97 Å². The number of esters is 1. The Bertz CT molecular complexity index is 948. The minimum Gasteiger partial charge on any atom is -0.465 e. The number of rotatable bonds is 3. The first-order valence-electron chi connectivity index (χ1n) is 7.80. The van der Waals surface area contributed by atoms with Crippen LogP contribution in [0.25, 0.3) is 6.08 Å². The number of hydrogen-bond acceptors (Lipinski definition) is 3. The largest absolute Gasteiger partial charge is 0.465 e. The molecule has 0 spiro atoms. The smallest absolute Gasteiger partial charge is 0.340 e. The molecule has 4 nitrogen and oxygen atoms in total. The first-order chi connectivity index (χ1) is 12.4. The second-order valence-corrected chi connectivity index (χ2v) is 6.50. The van der Waals surface area contributed by atoms with Crippen LogP contribution in [0.2, 0.25) is 0 Å². The van der Waals surface area contributed by atoms with Gasteiger partial charge in [-0.3, -0.25) is 9.69 Å². The summed E-state index contributed by atoms with van der Waals surface area (Å²) in [7, 11) is 1.27. The third-order valence-corrected chi connectivity index (χ3v) is 4.80. The Labute approximate surface area is 158 Å². The Morgan fingerprint density at radius 1 is 1.15 bits per heavy atom. The molecule has 132 valence electrons. The molecular formula is C20H15BrFNO3. The van der Waals surface area contributed by atoms with Gasteiger partial charge in [-0.2, -0.15) is 0 Å². The molecule has 0 unspecified atom stereocenters. The van der Waals surface area contributed by atoms with Crippen LogP contribution >= 0.6 is 15.9 Å². The van der Waals surface area contributed by atoms with Gasteiger partial charge in [0, 0.05) is 15.9 Å². The van der Waals surface area contributed by atoms with Gasteiger partial charge in [0.05, 0.1) is 18.3 Å². The molecule has 26 heavy (non-hydrogen) atoms. The van der Waals surface area contributed by atoms with Crippen molar-refractivity contribution in [3.63, 3.8) is 0 Å². The third-order valence-electron chi connectivity index (χ3n) is 4.08. The normalized spacial score (nSPS) is 15.8. The molecule has 1 aliphatic rings. The van der Waals surface area contributed by atoms with Crippen LogP contribution in [0.5, 0.6) is 0 Å². The van der Waals surface area contributed by atoms with E-state index in [0.29, 0.717) is 11.4 Å². The number of carbonyl (C=O) groups is 2. The number of allylic oxidation sites excluding steroid dienone is 1. The first kappa shape index (κ1) is 18.1. The molecule has 2 aromatic rings. The average Bonchev–Trinajstić information content (AvgIpc) is 2.87. The summed E-state index contributed by atoms with van der Waals surface area (Å²) in [5.41, 5.74) is 2.09. The van der Waals surface area contributed by atoms with Crippen molar-refractivity contribution in [2.75, 3.05) is 12.0 Å². The number of methoxy groups -OCH3 is 1. The fourth-order valence-electron chi connectivity index (χ4n) is 2.83. The summed E-state index contributed by atoms with van der Waals surface area (Å²) in [5.74, 6) is -1.37. The van der Waals surface area contributed by atoms with E-state index in [4.69, 9.17) is 4.74 Å². The molecule has 1 aliphatic heterocycles. The van der Waals surface area contributed by atoms with Crippen LogP contribution in [0.4, 0.5) is 10.1 Å². The van der Waals surface area contributed by atoms with Gasteiger partial charge in [0.1, 0.15) is 5.82 Å². The maximum absolute atomic E-state index is 13.2. The Kier molecular flexibility index (Phi) is 5.04. The lowest BCUT2D eigenvalue weighted by Gasteiger charge is -2.17. The molecule has 1 heterocycles. The van der Waals surface area contributed by atoms with E-state index >= 15 is 0 Å². The number of ether oxygens (including phenoxy) is 1. The van der Waals surface area contributed by atoms with Crippen LogP contribution in [0.15, 0.2) is 69.8 Å². The lowest BCUT2D eigenvalue weighted by Crippen LogP contribution is -2.24. The number of amides is 1. The maximum Gasteiger partial charge on any atom is 0.340 e. The molecule has 6 heteroatoms. The highest BCUT2D eigenvalue weighted by molar-refractivity contribution is 9.10. The summed E-state index contributed by atoms with van der Waals surface area (Å²) in [6.07, 6.45) is 1.64. The highest BCUT2D eigenvalue weighted by Crippen LogP contribution is 2.36. The molecule has 0 bridgehead atoms. The van der Waals surface area contributed by atoms with Crippen LogP contribution in [-0.2, 0) is 14.3 Å². The Hall–Kier alpha value is -2.73. The van der Waals surface area contributed by atoms with E-state index in [0.717, 1.165) is 10.0 Å². The molecule has 1 amide bonds. The number of hydrogen-bond donors (Lipinski definition) is 0. The standard InChI is InChI=1S/C20H15BrFNO3/c1-12-18(20(25)26-2)16(11-13-5-3-4-6-17(13)21)19(24)23(12)15-9-7-14(22)8-10-15/h3-11H,1-2H3/b16-11-. The zero-order valence-corrected chi connectivity index (χ0v) is 15.7. The number of carbonyl (C=O) groups excluding carboxylic acids is 2. The van der Waals surface area contributed by atoms with Crippen LogP contribution in [-0.4, -0.2) is 19.0 Å². The molecular weight excluding hydrogens is 401 g/mol. The van der Waals surface area contributed by atoms with Gasteiger partial charge in [0.15, 0.2) is 0 Å². The molecule has 0 saturated carbocycles. The van der Waals surface area contributed by atoms with Crippen LogP contribution < -0.4 is 4.90 Å². The SMILES string of the molecule is COC(=O)C1=C(C)N(c2ccc(F)cc2)C(=O)/C1=C\c1ccccc1Br. The van der Waals surface area contributed by atoms with E-state index in [1.165, 1.54) is 36.3 Å². The van der Waals surface area contributed by atoms with E-state index in [2.05, 4.69) is 15.9 Å². The number of benzene rings is 2. The maximum atomic E-state index is 13.2. The van der Waals surface area contributed by atoms with Gasteiger partial charge in [0.2, 0.25) is 0 Å². The molecule has 0 fully saturated rings. The van der Waals surface area contributed by atoms with E-state index in [9.17, 15) is 14.0 Å². The van der Waals surface area contributed by atoms with E-state index in [-0.39, 0.29) is 17.1 Å². The highest BCUT2D eigenvalue weighted by atomic mass is 79.9. The summed E-state index contributed by atoms with van der Waals surface area (Å²) in [5, 5.41) is 0. The molecule has 0 aromatic heterocycles. The van der Waals surface area contributed by atoms with E-state index in [1.54, 1.807) is 13.0 Å². The minimum absolute atomic E-state index is 0.192. The third kappa shape index (κ3) is 3.20. The van der Waals surface area contributed by atoms with Gasteiger partial charge in [-0.25, -0.2) is 9.18 Å². The average molecular weight is 416 g/mol. The Balaban J connectivity index is 2.15. The predicted molar refractivity (Wildman–Crippen MR) is 101 cm³/mol. The monoisotopic (exact) mass is 415 g/mol. The zero-order chi connectivity index (χ0) is 18.8. The van der Waals surface area contributed by atoms with Crippen LogP contribution in [0.3, 0.4) is 0 Å². The van der Waals surface area contributed by atoms with Crippen molar-refractivity contribution in [3.8, 4) is 0 Å².